The lowest BCUT2D eigenvalue weighted by molar-refractivity contribution is 0.187. The summed E-state index contributed by atoms with van der Waals surface area (Å²) in [7, 11) is 0. The molecule has 3 rings (SSSR count). The molecular weight excluding hydrogens is 248 g/mol. The van der Waals surface area contributed by atoms with Crippen LogP contribution in [0.1, 0.15) is 25.8 Å². The maximum atomic E-state index is 13.6. The van der Waals surface area contributed by atoms with E-state index in [0.29, 0.717) is 5.52 Å². The molecule has 0 aliphatic carbocycles. The number of hydrogen-bond donors (Lipinski definition) is 0. The number of imidazole rings is 1. The van der Waals surface area contributed by atoms with E-state index >= 15 is 0 Å². The highest BCUT2D eigenvalue weighted by atomic mass is 19.1. The highest BCUT2D eigenvalue weighted by Gasteiger charge is 2.22. The smallest absolute Gasteiger partial charge is 0.153 e. The fourth-order valence-corrected chi connectivity index (χ4v) is 2.90. The second-order valence-electron chi connectivity index (χ2n) is 5.10. The zero-order valence-electron chi connectivity index (χ0n) is 10.9. The summed E-state index contributed by atoms with van der Waals surface area (Å²) < 4.78 is 28.9. The summed E-state index contributed by atoms with van der Waals surface area (Å²) in [5.41, 5.74) is 0.815. The summed E-state index contributed by atoms with van der Waals surface area (Å²) in [5.74, 6) is -1.13. The van der Waals surface area contributed by atoms with Crippen LogP contribution in [0.4, 0.5) is 8.78 Å². The summed E-state index contributed by atoms with van der Waals surface area (Å²) in [6, 6.07) is 2.51. The average molecular weight is 265 g/mol. The lowest BCUT2D eigenvalue weighted by Gasteiger charge is -2.32. The monoisotopic (exact) mass is 265 g/mol. The maximum absolute atomic E-state index is 13.6. The van der Waals surface area contributed by atoms with Crippen LogP contribution in [-0.2, 0) is 0 Å². The minimum absolute atomic E-state index is 0.250. The number of fused-ring (bicyclic) bond motifs is 1. The van der Waals surface area contributed by atoms with E-state index in [1.807, 2.05) is 4.57 Å². The summed E-state index contributed by atoms with van der Waals surface area (Å²) in [4.78, 5) is 6.44. The van der Waals surface area contributed by atoms with Crippen LogP contribution >= 0.6 is 0 Å². The standard InChI is InChI=1S/C14H17F2N3/c1-2-18-5-3-4-11(8-18)19-9-17-14-12(16)6-10(15)7-13(14)19/h6-7,9,11H,2-5,8H2,1H3. The molecule has 0 spiro atoms. The van der Waals surface area contributed by atoms with Gasteiger partial charge in [0.15, 0.2) is 5.82 Å². The van der Waals surface area contributed by atoms with Gasteiger partial charge in [0.1, 0.15) is 11.3 Å². The zero-order chi connectivity index (χ0) is 13.4. The second kappa shape index (κ2) is 4.89. The highest BCUT2D eigenvalue weighted by molar-refractivity contribution is 5.76. The molecule has 1 aliphatic heterocycles. The number of hydrogen-bond acceptors (Lipinski definition) is 2. The third-order valence-corrected chi connectivity index (χ3v) is 3.92. The van der Waals surface area contributed by atoms with Crippen LogP contribution in [-0.4, -0.2) is 34.1 Å². The number of piperidine rings is 1. The van der Waals surface area contributed by atoms with Crippen LogP contribution in [0.25, 0.3) is 11.0 Å². The quantitative estimate of drug-likeness (QED) is 0.832. The van der Waals surface area contributed by atoms with Gasteiger partial charge in [-0.25, -0.2) is 13.8 Å². The molecular formula is C14H17F2N3. The Bertz CT molecular complexity index is 594. The number of aromatic nitrogens is 2. The molecule has 1 atom stereocenters. The zero-order valence-corrected chi connectivity index (χ0v) is 10.9. The molecule has 0 N–H and O–H groups in total. The molecule has 1 aromatic heterocycles. The first-order chi connectivity index (χ1) is 9.19. The molecule has 2 aromatic rings. The van der Waals surface area contributed by atoms with Crippen molar-refractivity contribution in [2.24, 2.45) is 0 Å². The number of rotatable bonds is 2. The minimum Gasteiger partial charge on any atom is -0.326 e. The van der Waals surface area contributed by atoms with Gasteiger partial charge < -0.3 is 9.47 Å². The molecule has 0 radical (unpaired) electrons. The van der Waals surface area contributed by atoms with Gasteiger partial charge in [-0.1, -0.05) is 6.92 Å². The van der Waals surface area contributed by atoms with Crippen molar-refractivity contribution in [3.63, 3.8) is 0 Å². The Morgan fingerprint density at radius 3 is 3.00 bits per heavy atom. The number of likely N-dealkylation sites (tertiary alicyclic amines) is 1. The van der Waals surface area contributed by atoms with Crippen LogP contribution in [0.5, 0.6) is 0 Å². The molecule has 1 aromatic carbocycles. The van der Waals surface area contributed by atoms with Crippen molar-refractivity contribution in [3.8, 4) is 0 Å². The molecule has 0 bridgehead atoms. The lowest BCUT2D eigenvalue weighted by atomic mass is 10.1. The van der Waals surface area contributed by atoms with Crippen molar-refractivity contribution in [2.45, 2.75) is 25.8 Å². The van der Waals surface area contributed by atoms with Crippen LogP contribution in [0.3, 0.4) is 0 Å². The van der Waals surface area contributed by atoms with Crippen molar-refractivity contribution >= 4 is 11.0 Å². The summed E-state index contributed by atoms with van der Waals surface area (Å²) in [5, 5.41) is 0. The van der Waals surface area contributed by atoms with Crippen molar-refractivity contribution < 1.29 is 8.78 Å². The molecule has 102 valence electrons. The Labute approximate surface area is 110 Å². The lowest BCUT2D eigenvalue weighted by Crippen LogP contribution is -2.36. The van der Waals surface area contributed by atoms with E-state index in [9.17, 15) is 8.78 Å². The molecule has 2 heterocycles. The normalized spacial score (nSPS) is 21.1. The van der Waals surface area contributed by atoms with Gasteiger partial charge in [-0.15, -0.1) is 0 Å². The van der Waals surface area contributed by atoms with Gasteiger partial charge in [0.25, 0.3) is 0 Å². The first kappa shape index (κ1) is 12.5. The van der Waals surface area contributed by atoms with Crippen LogP contribution in [0.2, 0.25) is 0 Å². The Morgan fingerprint density at radius 2 is 2.21 bits per heavy atom. The summed E-state index contributed by atoms with van der Waals surface area (Å²) in [6.45, 7) is 5.15. The number of halogens is 2. The molecule has 3 nitrogen and oxygen atoms in total. The van der Waals surface area contributed by atoms with Crippen LogP contribution in [0, 0.1) is 11.6 Å². The van der Waals surface area contributed by atoms with Crippen molar-refractivity contribution in [2.75, 3.05) is 19.6 Å². The van der Waals surface area contributed by atoms with Crippen molar-refractivity contribution in [1.29, 1.82) is 0 Å². The first-order valence-electron chi connectivity index (χ1n) is 6.73. The second-order valence-corrected chi connectivity index (χ2v) is 5.10. The molecule has 0 saturated carbocycles. The Balaban J connectivity index is 2.00. The molecule has 19 heavy (non-hydrogen) atoms. The molecule has 1 saturated heterocycles. The van der Waals surface area contributed by atoms with Gasteiger partial charge in [-0.05, 0) is 32.0 Å². The average Bonchev–Trinajstić information content (AvgIpc) is 2.82. The molecule has 5 heteroatoms. The van der Waals surface area contributed by atoms with Gasteiger partial charge in [-0.3, -0.25) is 0 Å². The summed E-state index contributed by atoms with van der Waals surface area (Å²) >= 11 is 0. The molecule has 1 unspecified atom stereocenters. The van der Waals surface area contributed by atoms with Crippen molar-refractivity contribution in [3.05, 3.63) is 30.1 Å². The third-order valence-electron chi connectivity index (χ3n) is 3.92. The van der Waals surface area contributed by atoms with E-state index in [4.69, 9.17) is 0 Å². The largest absolute Gasteiger partial charge is 0.326 e. The fraction of sp³-hybridized carbons (Fsp3) is 0.500. The van der Waals surface area contributed by atoms with E-state index in [1.165, 1.54) is 6.07 Å². The highest BCUT2D eigenvalue weighted by Crippen LogP contribution is 2.27. The minimum atomic E-state index is -0.586. The first-order valence-corrected chi connectivity index (χ1v) is 6.73. The van der Waals surface area contributed by atoms with Gasteiger partial charge in [-0.2, -0.15) is 0 Å². The number of nitrogens with zero attached hydrogens (tertiary/aromatic N) is 3. The van der Waals surface area contributed by atoms with E-state index in [-0.39, 0.29) is 11.6 Å². The Hall–Kier alpha value is -1.49. The Kier molecular flexibility index (Phi) is 3.22. The summed E-state index contributed by atoms with van der Waals surface area (Å²) in [6.07, 6.45) is 3.77. The third kappa shape index (κ3) is 2.23. The predicted molar refractivity (Wildman–Crippen MR) is 70.0 cm³/mol. The fourth-order valence-electron chi connectivity index (χ4n) is 2.90. The SMILES string of the molecule is CCN1CCCC(n2cnc3c(F)cc(F)cc32)C1. The van der Waals surface area contributed by atoms with E-state index in [0.717, 1.165) is 38.5 Å². The Morgan fingerprint density at radius 1 is 1.37 bits per heavy atom. The van der Waals surface area contributed by atoms with Gasteiger partial charge >= 0.3 is 0 Å². The van der Waals surface area contributed by atoms with Crippen molar-refractivity contribution in [1.82, 2.24) is 14.5 Å². The molecule has 1 aliphatic rings. The van der Waals surface area contributed by atoms with Crippen LogP contribution < -0.4 is 0 Å². The van der Waals surface area contributed by atoms with E-state index in [2.05, 4.69) is 16.8 Å². The van der Waals surface area contributed by atoms with Gasteiger partial charge in [0.05, 0.1) is 11.8 Å². The van der Waals surface area contributed by atoms with E-state index < -0.39 is 11.6 Å². The molecule has 0 amide bonds. The number of benzene rings is 1. The molecule has 1 fully saturated rings. The van der Waals surface area contributed by atoms with Crippen LogP contribution in [0.15, 0.2) is 18.5 Å². The van der Waals surface area contributed by atoms with E-state index in [1.54, 1.807) is 6.33 Å². The topological polar surface area (TPSA) is 21.1 Å². The maximum Gasteiger partial charge on any atom is 0.153 e. The number of likely N-dealkylation sites (N-methyl/N-ethyl adjacent to an activating group) is 1. The van der Waals surface area contributed by atoms with Gasteiger partial charge in [0.2, 0.25) is 0 Å². The van der Waals surface area contributed by atoms with Gasteiger partial charge in [0, 0.05) is 18.7 Å². The predicted octanol–water partition coefficient (Wildman–Crippen LogP) is 2.97.